The highest BCUT2D eigenvalue weighted by Crippen LogP contribution is 2.16. The Labute approximate surface area is 93.7 Å². The Balaban J connectivity index is 2.43. The number of methoxy groups -OCH3 is 1. The van der Waals surface area contributed by atoms with Crippen molar-refractivity contribution < 1.29 is 9.53 Å². The molecule has 0 aliphatic carbocycles. The number of ether oxygens (including phenoxy) is 1. The number of anilines is 1. The second kappa shape index (κ2) is 5.70. The van der Waals surface area contributed by atoms with Crippen molar-refractivity contribution in [2.45, 2.75) is 20.3 Å². The average Bonchev–Trinajstić information content (AvgIpc) is 2.65. The molecule has 0 amide bonds. The molecule has 1 rings (SSSR count). The number of esters is 1. The third kappa shape index (κ3) is 3.87. The second-order valence-electron chi connectivity index (χ2n) is 3.64. The minimum atomic E-state index is -0.386. The molecule has 0 bridgehead atoms. The van der Waals surface area contributed by atoms with Crippen LogP contribution in [0, 0.1) is 5.92 Å². The van der Waals surface area contributed by atoms with E-state index in [1.165, 1.54) is 18.4 Å². The fraction of sp³-hybridized carbons (Fsp3) is 0.600. The number of carbonyl (C=O) groups excluding carboxylic acids is 1. The Morgan fingerprint density at radius 1 is 1.67 bits per heavy atom. The number of nitrogens with zero attached hydrogens (tertiary/aromatic N) is 1. The molecular formula is C10H16N2O2S. The van der Waals surface area contributed by atoms with Crippen molar-refractivity contribution in [2.75, 3.05) is 19.0 Å². The molecular weight excluding hydrogens is 212 g/mol. The Bertz CT molecular complexity index is 323. The van der Waals surface area contributed by atoms with Gasteiger partial charge in [0.1, 0.15) is 0 Å². The van der Waals surface area contributed by atoms with Crippen molar-refractivity contribution in [1.82, 2.24) is 4.98 Å². The van der Waals surface area contributed by atoms with E-state index < -0.39 is 0 Å². The van der Waals surface area contributed by atoms with Gasteiger partial charge in [0.25, 0.3) is 0 Å². The Morgan fingerprint density at radius 3 is 3.00 bits per heavy atom. The quantitative estimate of drug-likeness (QED) is 0.786. The maximum Gasteiger partial charge on any atom is 0.357 e. The number of nitrogens with one attached hydrogen (secondary N) is 1. The molecule has 15 heavy (non-hydrogen) atoms. The largest absolute Gasteiger partial charge is 0.464 e. The average molecular weight is 228 g/mol. The molecule has 0 unspecified atom stereocenters. The molecule has 4 nitrogen and oxygen atoms in total. The van der Waals surface area contributed by atoms with Crippen LogP contribution in [0.25, 0.3) is 0 Å². The number of hydrogen-bond donors (Lipinski definition) is 1. The summed E-state index contributed by atoms with van der Waals surface area (Å²) < 4.78 is 4.57. The summed E-state index contributed by atoms with van der Waals surface area (Å²) in [6.07, 6.45) is 1.09. The molecule has 84 valence electrons. The van der Waals surface area contributed by atoms with Crippen LogP contribution in [0.4, 0.5) is 5.13 Å². The number of rotatable bonds is 5. The van der Waals surface area contributed by atoms with Gasteiger partial charge in [-0.05, 0) is 12.3 Å². The Hall–Kier alpha value is -1.10. The normalized spacial score (nSPS) is 10.4. The van der Waals surface area contributed by atoms with E-state index in [1.54, 1.807) is 5.38 Å². The first kappa shape index (κ1) is 12.0. The molecule has 0 spiro atoms. The maximum atomic E-state index is 11.1. The van der Waals surface area contributed by atoms with Gasteiger partial charge in [-0.25, -0.2) is 9.78 Å². The first-order valence-electron chi connectivity index (χ1n) is 4.91. The summed E-state index contributed by atoms with van der Waals surface area (Å²) in [5.41, 5.74) is 0.370. The number of carbonyl (C=O) groups is 1. The molecule has 5 heteroatoms. The fourth-order valence-corrected chi connectivity index (χ4v) is 1.73. The molecule has 1 heterocycles. The molecule has 1 N–H and O–H groups in total. The van der Waals surface area contributed by atoms with Crippen molar-refractivity contribution >= 4 is 22.4 Å². The lowest BCUT2D eigenvalue weighted by Gasteiger charge is -2.04. The van der Waals surface area contributed by atoms with Crippen LogP contribution in [0.15, 0.2) is 5.38 Å². The van der Waals surface area contributed by atoms with Crippen molar-refractivity contribution in [3.05, 3.63) is 11.1 Å². The van der Waals surface area contributed by atoms with Crippen LogP contribution < -0.4 is 5.32 Å². The van der Waals surface area contributed by atoms with Crippen molar-refractivity contribution in [3.63, 3.8) is 0 Å². The predicted octanol–water partition coefficient (Wildman–Crippen LogP) is 2.39. The van der Waals surface area contributed by atoms with Gasteiger partial charge in [-0.3, -0.25) is 0 Å². The minimum Gasteiger partial charge on any atom is -0.464 e. The van der Waals surface area contributed by atoms with Crippen LogP contribution in [0.5, 0.6) is 0 Å². The Morgan fingerprint density at radius 2 is 2.40 bits per heavy atom. The molecule has 1 aromatic heterocycles. The van der Waals surface area contributed by atoms with Crippen molar-refractivity contribution in [2.24, 2.45) is 5.92 Å². The highest BCUT2D eigenvalue weighted by atomic mass is 32.1. The molecule has 0 aromatic carbocycles. The molecule has 0 saturated heterocycles. The highest BCUT2D eigenvalue weighted by molar-refractivity contribution is 7.13. The predicted molar refractivity (Wildman–Crippen MR) is 61.4 cm³/mol. The van der Waals surface area contributed by atoms with Crippen LogP contribution in [0.1, 0.15) is 30.8 Å². The van der Waals surface area contributed by atoms with E-state index in [9.17, 15) is 4.79 Å². The third-order valence-corrected chi connectivity index (χ3v) is 2.70. The molecule has 0 radical (unpaired) electrons. The van der Waals surface area contributed by atoms with Gasteiger partial charge in [0.2, 0.25) is 0 Å². The van der Waals surface area contributed by atoms with E-state index in [1.807, 2.05) is 0 Å². The van der Waals surface area contributed by atoms with Crippen molar-refractivity contribution in [3.8, 4) is 0 Å². The van der Waals surface area contributed by atoms with Gasteiger partial charge in [0.05, 0.1) is 7.11 Å². The van der Waals surface area contributed by atoms with Crippen LogP contribution in [-0.4, -0.2) is 24.6 Å². The first-order chi connectivity index (χ1) is 7.13. The van der Waals surface area contributed by atoms with Gasteiger partial charge in [0, 0.05) is 11.9 Å². The Kier molecular flexibility index (Phi) is 4.55. The van der Waals surface area contributed by atoms with Gasteiger partial charge in [-0.2, -0.15) is 0 Å². The van der Waals surface area contributed by atoms with Crippen LogP contribution in [-0.2, 0) is 4.74 Å². The smallest absolute Gasteiger partial charge is 0.357 e. The summed E-state index contributed by atoms with van der Waals surface area (Å²) >= 11 is 1.42. The van der Waals surface area contributed by atoms with Gasteiger partial charge >= 0.3 is 5.97 Å². The summed E-state index contributed by atoms with van der Waals surface area (Å²) in [7, 11) is 1.35. The second-order valence-corrected chi connectivity index (χ2v) is 4.50. The number of hydrogen-bond acceptors (Lipinski definition) is 5. The van der Waals surface area contributed by atoms with E-state index in [4.69, 9.17) is 0 Å². The lowest BCUT2D eigenvalue weighted by molar-refractivity contribution is 0.0595. The highest BCUT2D eigenvalue weighted by Gasteiger charge is 2.09. The zero-order valence-electron chi connectivity index (χ0n) is 9.24. The first-order valence-corrected chi connectivity index (χ1v) is 5.79. The van der Waals surface area contributed by atoms with Crippen LogP contribution >= 0.6 is 11.3 Å². The van der Waals surface area contributed by atoms with E-state index in [-0.39, 0.29) is 5.97 Å². The molecule has 0 atom stereocenters. The summed E-state index contributed by atoms with van der Waals surface area (Å²) in [4.78, 5) is 15.2. The molecule has 0 aliphatic rings. The summed E-state index contributed by atoms with van der Waals surface area (Å²) in [5, 5.41) is 5.65. The fourth-order valence-electron chi connectivity index (χ4n) is 1.02. The third-order valence-electron chi connectivity index (χ3n) is 1.90. The van der Waals surface area contributed by atoms with E-state index in [0.29, 0.717) is 11.6 Å². The lowest BCUT2D eigenvalue weighted by atomic mass is 10.1. The topological polar surface area (TPSA) is 51.2 Å². The standard InChI is InChI=1S/C10H16N2O2S/c1-7(2)4-5-11-10-12-8(6-15-10)9(13)14-3/h6-7H,4-5H2,1-3H3,(H,11,12). The summed E-state index contributed by atoms with van der Waals surface area (Å²) in [6, 6.07) is 0. The van der Waals surface area contributed by atoms with Gasteiger partial charge in [-0.1, -0.05) is 13.8 Å². The van der Waals surface area contributed by atoms with Gasteiger partial charge in [-0.15, -0.1) is 11.3 Å². The van der Waals surface area contributed by atoms with Gasteiger partial charge < -0.3 is 10.1 Å². The molecule has 1 aromatic rings. The zero-order valence-corrected chi connectivity index (χ0v) is 10.1. The zero-order chi connectivity index (χ0) is 11.3. The molecule has 0 fully saturated rings. The van der Waals surface area contributed by atoms with E-state index >= 15 is 0 Å². The molecule has 0 saturated carbocycles. The number of thiazole rings is 1. The SMILES string of the molecule is COC(=O)c1csc(NCCC(C)C)n1. The summed E-state index contributed by atoms with van der Waals surface area (Å²) in [5.74, 6) is 0.278. The summed E-state index contributed by atoms with van der Waals surface area (Å²) in [6.45, 7) is 5.22. The van der Waals surface area contributed by atoms with Crippen LogP contribution in [0.3, 0.4) is 0 Å². The van der Waals surface area contributed by atoms with Gasteiger partial charge in [0.15, 0.2) is 10.8 Å². The molecule has 0 aliphatic heterocycles. The lowest BCUT2D eigenvalue weighted by Crippen LogP contribution is -2.06. The van der Waals surface area contributed by atoms with Crippen LogP contribution in [0.2, 0.25) is 0 Å². The van der Waals surface area contributed by atoms with Crippen molar-refractivity contribution in [1.29, 1.82) is 0 Å². The van der Waals surface area contributed by atoms with E-state index in [2.05, 4.69) is 28.9 Å². The maximum absolute atomic E-state index is 11.1. The number of aromatic nitrogens is 1. The van der Waals surface area contributed by atoms with E-state index in [0.717, 1.165) is 18.1 Å². The minimum absolute atomic E-state index is 0.370. The monoisotopic (exact) mass is 228 g/mol.